The monoisotopic (exact) mass is 348 g/mol. The third-order valence-electron chi connectivity index (χ3n) is 6.01. The van der Waals surface area contributed by atoms with Crippen LogP contribution in [0.1, 0.15) is 55.6 Å². The molecule has 5 heteroatoms. The first kappa shape index (κ1) is 16.6. The summed E-state index contributed by atoms with van der Waals surface area (Å²) in [7, 11) is 0. The van der Waals surface area contributed by atoms with Crippen molar-refractivity contribution in [1.82, 2.24) is 9.80 Å². The van der Waals surface area contributed by atoms with Crippen LogP contribution in [0.25, 0.3) is 0 Å². The molecule has 3 atom stereocenters. The predicted molar refractivity (Wildman–Crippen MR) is 96.3 cm³/mol. The molecule has 0 unspecified atom stereocenters. The molecule has 2 saturated heterocycles. The molecule has 0 saturated carbocycles. The number of carbonyl (C=O) groups excluding carboxylic acids is 1. The van der Waals surface area contributed by atoms with Crippen LogP contribution < -0.4 is 0 Å². The highest BCUT2D eigenvalue weighted by atomic mass is 32.1. The molecule has 2 fully saturated rings. The van der Waals surface area contributed by atoms with E-state index in [1.54, 1.807) is 11.3 Å². The van der Waals surface area contributed by atoms with Crippen LogP contribution in [0, 0.1) is 0 Å². The molecule has 3 aliphatic rings. The van der Waals surface area contributed by atoms with Gasteiger partial charge in [-0.1, -0.05) is 6.92 Å². The molecule has 0 radical (unpaired) electrons. The van der Waals surface area contributed by atoms with Crippen LogP contribution in [0.15, 0.2) is 11.4 Å². The zero-order valence-corrected chi connectivity index (χ0v) is 15.4. The molecule has 0 aromatic carbocycles. The first-order chi connectivity index (χ1) is 11.8. The number of nitrogens with zero attached hydrogens (tertiary/aromatic N) is 2. The fraction of sp³-hybridized carbons (Fsp3) is 0.737. The molecule has 0 spiro atoms. The number of fused-ring (bicyclic) bond motifs is 1. The maximum absolute atomic E-state index is 13.0. The van der Waals surface area contributed by atoms with E-state index in [0.29, 0.717) is 24.4 Å². The molecular weight excluding hydrogens is 320 g/mol. The topological polar surface area (TPSA) is 32.8 Å². The molecule has 1 aromatic heterocycles. The molecule has 0 N–H and O–H groups in total. The average molecular weight is 349 g/mol. The number of likely N-dealkylation sites (tertiary alicyclic amines) is 2. The zero-order chi connectivity index (χ0) is 16.5. The van der Waals surface area contributed by atoms with Crippen molar-refractivity contribution in [3.05, 3.63) is 21.9 Å². The number of thiophene rings is 1. The van der Waals surface area contributed by atoms with Gasteiger partial charge in [-0.25, -0.2) is 0 Å². The van der Waals surface area contributed by atoms with E-state index in [9.17, 15) is 4.79 Å². The Hall–Kier alpha value is -0.910. The number of amides is 1. The second-order valence-electron chi connectivity index (χ2n) is 7.26. The van der Waals surface area contributed by atoms with Crippen molar-refractivity contribution < 1.29 is 9.53 Å². The molecule has 3 aliphatic heterocycles. The van der Waals surface area contributed by atoms with Gasteiger partial charge in [0.1, 0.15) is 6.10 Å². The Balaban J connectivity index is 1.44. The van der Waals surface area contributed by atoms with E-state index in [4.69, 9.17) is 4.74 Å². The van der Waals surface area contributed by atoms with Crippen LogP contribution in [-0.2, 0) is 16.0 Å². The summed E-state index contributed by atoms with van der Waals surface area (Å²) in [6, 6.07) is 3.19. The van der Waals surface area contributed by atoms with Gasteiger partial charge in [-0.05, 0) is 62.2 Å². The van der Waals surface area contributed by atoms with E-state index in [0.717, 1.165) is 32.5 Å². The second kappa shape index (κ2) is 7.14. The third kappa shape index (κ3) is 3.02. The van der Waals surface area contributed by atoms with E-state index < -0.39 is 0 Å². The van der Waals surface area contributed by atoms with Crippen molar-refractivity contribution in [3.8, 4) is 0 Å². The maximum Gasteiger partial charge on any atom is 0.225 e. The summed E-state index contributed by atoms with van der Waals surface area (Å²) >= 11 is 1.74. The van der Waals surface area contributed by atoms with Crippen molar-refractivity contribution in [2.24, 2.45) is 0 Å². The van der Waals surface area contributed by atoms with Gasteiger partial charge >= 0.3 is 0 Å². The Kier molecular flexibility index (Phi) is 4.93. The van der Waals surface area contributed by atoms with Gasteiger partial charge in [0.2, 0.25) is 5.91 Å². The van der Waals surface area contributed by atoms with Gasteiger partial charge < -0.3 is 9.64 Å². The molecule has 4 heterocycles. The van der Waals surface area contributed by atoms with Crippen LogP contribution in [-0.4, -0.2) is 54.0 Å². The van der Waals surface area contributed by atoms with Gasteiger partial charge in [0.15, 0.2) is 0 Å². The van der Waals surface area contributed by atoms with Crippen LogP contribution >= 0.6 is 11.3 Å². The smallest absolute Gasteiger partial charge is 0.225 e. The number of rotatable bonds is 4. The van der Waals surface area contributed by atoms with Gasteiger partial charge in [0, 0.05) is 23.5 Å². The lowest BCUT2D eigenvalue weighted by molar-refractivity contribution is -0.136. The predicted octanol–water partition coefficient (Wildman–Crippen LogP) is 3.23. The Morgan fingerprint density at radius 2 is 2.12 bits per heavy atom. The zero-order valence-electron chi connectivity index (χ0n) is 14.6. The van der Waals surface area contributed by atoms with E-state index in [1.165, 1.54) is 36.2 Å². The van der Waals surface area contributed by atoms with Crippen LogP contribution in [0.3, 0.4) is 0 Å². The summed E-state index contributed by atoms with van der Waals surface area (Å²) < 4.78 is 5.95. The van der Waals surface area contributed by atoms with E-state index in [2.05, 4.69) is 28.2 Å². The highest BCUT2D eigenvalue weighted by Gasteiger charge is 2.40. The number of ether oxygens (including phenoxy) is 1. The van der Waals surface area contributed by atoms with Gasteiger partial charge in [-0.15, -0.1) is 11.3 Å². The molecule has 24 heavy (non-hydrogen) atoms. The number of hydrogen-bond donors (Lipinski definition) is 0. The van der Waals surface area contributed by atoms with Crippen molar-refractivity contribution in [3.63, 3.8) is 0 Å². The fourth-order valence-corrected chi connectivity index (χ4v) is 5.84. The normalized spacial score (nSPS) is 30.7. The summed E-state index contributed by atoms with van der Waals surface area (Å²) in [5.74, 6) is 0.298. The number of hydrogen-bond acceptors (Lipinski definition) is 4. The molecule has 4 rings (SSSR count). The van der Waals surface area contributed by atoms with Crippen LogP contribution in [0.2, 0.25) is 0 Å². The first-order valence-corrected chi connectivity index (χ1v) is 10.4. The van der Waals surface area contributed by atoms with Crippen LogP contribution in [0.4, 0.5) is 0 Å². The Morgan fingerprint density at radius 1 is 1.29 bits per heavy atom. The lowest BCUT2D eigenvalue weighted by Crippen LogP contribution is -2.48. The quantitative estimate of drug-likeness (QED) is 0.837. The molecule has 0 aliphatic carbocycles. The standard InChI is InChI=1S/C19H28N2O2S/c1-2-20-9-3-5-15(20)16-6-4-10-21(16)18(22)13-17-19-14(7-11-23-17)8-12-24-19/h8,12,15-17H,2-7,9-11,13H2,1H3/t15-,16+,17-/m1/s1. The van der Waals surface area contributed by atoms with Crippen molar-refractivity contribution in [2.45, 2.75) is 63.6 Å². The highest BCUT2D eigenvalue weighted by Crippen LogP contribution is 2.36. The lowest BCUT2D eigenvalue weighted by Gasteiger charge is -2.35. The Morgan fingerprint density at radius 3 is 3.00 bits per heavy atom. The van der Waals surface area contributed by atoms with Gasteiger partial charge in [-0.3, -0.25) is 9.69 Å². The summed E-state index contributed by atoms with van der Waals surface area (Å²) in [5, 5.41) is 2.13. The third-order valence-corrected chi connectivity index (χ3v) is 7.06. The van der Waals surface area contributed by atoms with Crippen LogP contribution in [0.5, 0.6) is 0 Å². The van der Waals surface area contributed by atoms with E-state index in [-0.39, 0.29) is 6.10 Å². The largest absolute Gasteiger partial charge is 0.372 e. The molecule has 1 amide bonds. The van der Waals surface area contributed by atoms with E-state index >= 15 is 0 Å². The fourth-order valence-electron chi connectivity index (χ4n) is 4.83. The Labute approximate surface area is 148 Å². The molecule has 132 valence electrons. The molecule has 0 bridgehead atoms. The minimum absolute atomic E-state index is 0.0200. The van der Waals surface area contributed by atoms with Gasteiger partial charge in [0.25, 0.3) is 0 Å². The summed E-state index contributed by atoms with van der Waals surface area (Å²) in [5.41, 5.74) is 1.38. The average Bonchev–Trinajstić information content (AvgIpc) is 3.33. The summed E-state index contributed by atoms with van der Waals surface area (Å²) in [6.45, 7) is 6.23. The first-order valence-electron chi connectivity index (χ1n) is 9.49. The minimum atomic E-state index is -0.0200. The lowest BCUT2D eigenvalue weighted by atomic mass is 10.0. The molecule has 1 aromatic rings. The molecule has 4 nitrogen and oxygen atoms in total. The van der Waals surface area contributed by atoms with Crippen molar-refractivity contribution >= 4 is 17.2 Å². The van der Waals surface area contributed by atoms with Crippen molar-refractivity contribution in [2.75, 3.05) is 26.2 Å². The molecular formula is C19H28N2O2S. The van der Waals surface area contributed by atoms with Crippen molar-refractivity contribution in [1.29, 1.82) is 0 Å². The maximum atomic E-state index is 13.0. The van der Waals surface area contributed by atoms with E-state index in [1.807, 2.05) is 0 Å². The summed E-state index contributed by atoms with van der Waals surface area (Å²) in [6.07, 6.45) is 6.33. The number of carbonyl (C=O) groups is 1. The highest BCUT2D eigenvalue weighted by molar-refractivity contribution is 7.10. The van der Waals surface area contributed by atoms with Gasteiger partial charge in [0.05, 0.1) is 13.0 Å². The SMILES string of the molecule is CCN1CCC[C@@H]1[C@@H]1CCCN1C(=O)C[C@H]1OCCc2ccsc21. The second-order valence-corrected chi connectivity index (χ2v) is 8.21. The summed E-state index contributed by atoms with van der Waals surface area (Å²) in [4.78, 5) is 19.1. The minimum Gasteiger partial charge on any atom is -0.372 e. The Bertz CT molecular complexity index is 588. The number of likely N-dealkylation sites (N-methyl/N-ethyl adjacent to an activating group) is 1. The van der Waals surface area contributed by atoms with Gasteiger partial charge in [-0.2, -0.15) is 0 Å².